The van der Waals surface area contributed by atoms with Crippen molar-refractivity contribution in [3.63, 3.8) is 0 Å². The fourth-order valence-corrected chi connectivity index (χ4v) is 3.36. The number of benzene rings is 1. The first kappa shape index (κ1) is 14.7. The zero-order valence-electron chi connectivity index (χ0n) is 11.6. The van der Waals surface area contributed by atoms with E-state index in [1.807, 2.05) is 24.3 Å². The molecule has 0 aliphatic heterocycles. The molecule has 0 saturated heterocycles. The van der Waals surface area contributed by atoms with Gasteiger partial charge in [0.15, 0.2) is 0 Å². The predicted octanol–water partition coefficient (Wildman–Crippen LogP) is 4.26. The highest BCUT2D eigenvalue weighted by Crippen LogP contribution is 2.34. The first-order valence-electron chi connectivity index (χ1n) is 7.34. The molecule has 1 aliphatic rings. The second kappa shape index (κ2) is 7.16. The van der Waals surface area contributed by atoms with Crippen molar-refractivity contribution in [1.82, 2.24) is 0 Å². The predicted molar refractivity (Wildman–Crippen MR) is 80.7 cm³/mol. The first-order valence-corrected chi connectivity index (χ1v) is 7.72. The quantitative estimate of drug-likeness (QED) is 0.875. The van der Waals surface area contributed by atoms with Gasteiger partial charge in [0.1, 0.15) is 12.4 Å². The molecule has 3 unspecified atom stereocenters. The Morgan fingerprint density at radius 3 is 2.89 bits per heavy atom. The van der Waals surface area contributed by atoms with E-state index in [1.54, 1.807) is 0 Å². The largest absolute Gasteiger partial charge is 0.492 e. The summed E-state index contributed by atoms with van der Waals surface area (Å²) in [7, 11) is 0. The van der Waals surface area contributed by atoms with E-state index >= 15 is 0 Å². The van der Waals surface area contributed by atoms with E-state index in [2.05, 4.69) is 6.92 Å². The van der Waals surface area contributed by atoms with Crippen molar-refractivity contribution in [3.8, 4) is 5.75 Å². The van der Waals surface area contributed by atoms with Gasteiger partial charge in [0.25, 0.3) is 0 Å². The molecule has 0 radical (unpaired) electrons. The lowest BCUT2D eigenvalue weighted by molar-refractivity contribution is 0.154. The summed E-state index contributed by atoms with van der Waals surface area (Å²) in [6.45, 7) is 2.86. The topological polar surface area (TPSA) is 35.2 Å². The van der Waals surface area contributed by atoms with E-state index in [1.165, 1.54) is 32.1 Å². The normalized spacial score (nSPS) is 25.0. The fraction of sp³-hybridized carbons (Fsp3) is 0.625. The van der Waals surface area contributed by atoms with Gasteiger partial charge in [-0.3, -0.25) is 0 Å². The Balaban J connectivity index is 1.87. The second-order valence-corrected chi connectivity index (χ2v) is 5.99. The van der Waals surface area contributed by atoms with Crippen LogP contribution in [0, 0.1) is 11.8 Å². The van der Waals surface area contributed by atoms with Crippen molar-refractivity contribution >= 4 is 11.6 Å². The molecule has 1 aromatic rings. The minimum atomic E-state index is 0.129. The lowest BCUT2D eigenvalue weighted by Gasteiger charge is -2.34. The van der Waals surface area contributed by atoms with Gasteiger partial charge in [0.2, 0.25) is 0 Å². The Labute approximate surface area is 121 Å². The maximum Gasteiger partial charge on any atom is 0.120 e. The van der Waals surface area contributed by atoms with Crippen molar-refractivity contribution in [3.05, 3.63) is 29.3 Å². The molecule has 106 valence electrons. The maximum absolute atomic E-state index is 6.34. The van der Waals surface area contributed by atoms with E-state index in [0.29, 0.717) is 17.5 Å². The summed E-state index contributed by atoms with van der Waals surface area (Å²) in [6.07, 6.45) is 6.48. The van der Waals surface area contributed by atoms with Crippen LogP contribution in [0.5, 0.6) is 5.75 Å². The number of halogens is 1. The number of rotatable bonds is 5. The summed E-state index contributed by atoms with van der Waals surface area (Å²) < 4.78 is 5.79. The average molecular weight is 282 g/mol. The molecule has 0 spiro atoms. The molecular formula is C16H24ClNO. The summed E-state index contributed by atoms with van der Waals surface area (Å²) in [5.41, 5.74) is 6.34. The van der Waals surface area contributed by atoms with Gasteiger partial charge in [-0.1, -0.05) is 50.3 Å². The Morgan fingerprint density at radius 2 is 2.16 bits per heavy atom. The standard InChI is InChI=1S/C16H24ClNO/c1-2-12-6-3-4-9-15(12)16(18)11-19-14-8-5-7-13(17)10-14/h5,7-8,10,12,15-16H,2-4,6,9,11,18H2,1H3. The first-order chi connectivity index (χ1) is 9.20. The summed E-state index contributed by atoms with van der Waals surface area (Å²) >= 11 is 5.94. The van der Waals surface area contributed by atoms with Gasteiger partial charge in [-0.2, -0.15) is 0 Å². The van der Waals surface area contributed by atoms with Gasteiger partial charge < -0.3 is 10.5 Å². The molecule has 2 N–H and O–H groups in total. The van der Waals surface area contributed by atoms with Crippen LogP contribution < -0.4 is 10.5 Å². The van der Waals surface area contributed by atoms with Crippen LogP contribution in [-0.4, -0.2) is 12.6 Å². The molecule has 1 fully saturated rings. The molecule has 19 heavy (non-hydrogen) atoms. The van der Waals surface area contributed by atoms with Gasteiger partial charge in [-0.15, -0.1) is 0 Å². The van der Waals surface area contributed by atoms with Gasteiger partial charge in [-0.05, 0) is 36.5 Å². The van der Waals surface area contributed by atoms with Crippen molar-refractivity contribution in [1.29, 1.82) is 0 Å². The van der Waals surface area contributed by atoms with Gasteiger partial charge in [0.05, 0.1) is 0 Å². The number of hydrogen-bond acceptors (Lipinski definition) is 2. The molecule has 0 bridgehead atoms. The molecule has 3 atom stereocenters. The zero-order chi connectivity index (χ0) is 13.7. The van der Waals surface area contributed by atoms with Crippen LogP contribution in [-0.2, 0) is 0 Å². The van der Waals surface area contributed by atoms with E-state index in [9.17, 15) is 0 Å². The molecule has 0 aromatic heterocycles. The van der Waals surface area contributed by atoms with Crippen LogP contribution in [0.4, 0.5) is 0 Å². The Kier molecular flexibility index (Phi) is 5.53. The van der Waals surface area contributed by atoms with Crippen molar-refractivity contribution in [2.24, 2.45) is 17.6 Å². The van der Waals surface area contributed by atoms with Crippen LogP contribution in [0.2, 0.25) is 5.02 Å². The molecule has 3 heteroatoms. The highest BCUT2D eigenvalue weighted by molar-refractivity contribution is 6.30. The Morgan fingerprint density at radius 1 is 1.37 bits per heavy atom. The Hall–Kier alpha value is -0.730. The molecule has 0 heterocycles. The minimum Gasteiger partial charge on any atom is -0.492 e. The summed E-state index contributed by atoms with van der Waals surface area (Å²) in [6, 6.07) is 7.65. The second-order valence-electron chi connectivity index (χ2n) is 5.55. The third-order valence-electron chi connectivity index (χ3n) is 4.28. The van der Waals surface area contributed by atoms with Crippen molar-refractivity contribution in [2.45, 2.75) is 45.1 Å². The van der Waals surface area contributed by atoms with Crippen molar-refractivity contribution < 1.29 is 4.74 Å². The van der Waals surface area contributed by atoms with Crippen LogP contribution >= 0.6 is 11.6 Å². The van der Waals surface area contributed by atoms with Crippen LogP contribution in [0.3, 0.4) is 0 Å². The van der Waals surface area contributed by atoms with Crippen molar-refractivity contribution in [2.75, 3.05) is 6.61 Å². The van der Waals surface area contributed by atoms with Crippen LogP contribution in [0.15, 0.2) is 24.3 Å². The number of nitrogens with two attached hydrogens (primary N) is 1. The molecule has 2 nitrogen and oxygen atoms in total. The molecule has 2 rings (SSSR count). The summed E-state index contributed by atoms with van der Waals surface area (Å²) in [4.78, 5) is 0. The maximum atomic E-state index is 6.34. The monoisotopic (exact) mass is 281 g/mol. The van der Waals surface area contributed by atoms with Gasteiger partial charge in [-0.25, -0.2) is 0 Å². The van der Waals surface area contributed by atoms with Crippen LogP contribution in [0.1, 0.15) is 39.0 Å². The van der Waals surface area contributed by atoms with Gasteiger partial charge in [0, 0.05) is 11.1 Å². The lowest BCUT2D eigenvalue weighted by Crippen LogP contribution is -2.41. The Bertz CT molecular complexity index is 396. The van der Waals surface area contributed by atoms with E-state index in [-0.39, 0.29) is 6.04 Å². The highest BCUT2D eigenvalue weighted by atomic mass is 35.5. The third-order valence-corrected chi connectivity index (χ3v) is 4.52. The highest BCUT2D eigenvalue weighted by Gasteiger charge is 2.28. The fourth-order valence-electron chi connectivity index (χ4n) is 3.18. The van der Waals surface area contributed by atoms with Crippen LogP contribution in [0.25, 0.3) is 0 Å². The number of ether oxygens (including phenoxy) is 1. The summed E-state index contributed by atoms with van der Waals surface area (Å²) in [5.74, 6) is 2.19. The SMILES string of the molecule is CCC1CCCCC1C(N)COc1cccc(Cl)c1. The molecule has 1 aliphatic carbocycles. The third kappa shape index (κ3) is 4.12. The molecule has 1 aromatic carbocycles. The molecule has 0 amide bonds. The van der Waals surface area contributed by atoms with E-state index in [4.69, 9.17) is 22.1 Å². The minimum absolute atomic E-state index is 0.129. The summed E-state index contributed by atoms with van der Waals surface area (Å²) in [5, 5.41) is 0.704. The number of hydrogen-bond donors (Lipinski definition) is 1. The molecular weight excluding hydrogens is 258 g/mol. The van der Waals surface area contributed by atoms with Gasteiger partial charge >= 0.3 is 0 Å². The zero-order valence-corrected chi connectivity index (χ0v) is 12.4. The van der Waals surface area contributed by atoms with E-state index < -0.39 is 0 Å². The smallest absolute Gasteiger partial charge is 0.120 e. The molecule has 1 saturated carbocycles. The average Bonchev–Trinajstić information content (AvgIpc) is 2.45. The lowest BCUT2D eigenvalue weighted by atomic mass is 9.74. The van der Waals surface area contributed by atoms with E-state index in [0.717, 1.165) is 11.7 Å².